The lowest BCUT2D eigenvalue weighted by atomic mass is 10.1. The first-order valence-corrected chi connectivity index (χ1v) is 7.34. The van der Waals surface area contributed by atoms with Gasteiger partial charge in [0.25, 0.3) is 0 Å². The Hall–Kier alpha value is -0.750. The lowest BCUT2D eigenvalue weighted by Crippen LogP contribution is -2.50. The Balaban J connectivity index is 0.00000161. The molecule has 0 amide bonds. The summed E-state index contributed by atoms with van der Waals surface area (Å²) in [7, 11) is 0. The van der Waals surface area contributed by atoms with Gasteiger partial charge in [0, 0.05) is 50.9 Å². The van der Waals surface area contributed by atoms with Crippen LogP contribution in [0, 0.1) is 11.6 Å². The molecule has 2 aliphatic heterocycles. The molecule has 2 fully saturated rings. The minimum atomic E-state index is -0.752. The van der Waals surface area contributed by atoms with E-state index < -0.39 is 11.6 Å². The Morgan fingerprint density at radius 1 is 1.14 bits per heavy atom. The van der Waals surface area contributed by atoms with Gasteiger partial charge in [0.05, 0.1) is 0 Å². The van der Waals surface area contributed by atoms with E-state index in [1.165, 1.54) is 12.5 Å². The fraction of sp³-hybridized carbons (Fsp3) is 0.600. The van der Waals surface area contributed by atoms with E-state index in [0.29, 0.717) is 18.2 Å². The zero-order valence-corrected chi connectivity index (χ0v) is 12.8. The number of hydrogen-bond acceptors (Lipinski definition) is 3. The fourth-order valence-corrected chi connectivity index (χ4v) is 3.15. The molecule has 2 saturated heterocycles. The normalized spacial score (nSPS) is 24.0. The average Bonchev–Trinajstić information content (AvgIpc) is 2.99. The second-order valence-electron chi connectivity index (χ2n) is 5.67. The topological polar surface area (TPSA) is 18.5 Å². The zero-order valence-electron chi connectivity index (χ0n) is 12.0. The minimum absolute atomic E-state index is 0. The van der Waals surface area contributed by atoms with E-state index in [4.69, 9.17) is 0 Å². The van der Waals surface area contributed by atoms with Crippen LogP contribution < -0.4 is 5.32 Å². The van der Waals surface area contributed by atoms with Crippen LogP contribution in [-0.2, 0) is 6.54 Å². The SMILES string of the molecule is Cl.Fc1cccc(CN2CCN(C3CCNC3)CC2)c1F. The Bertz CT molecular complexity index is 458. The molecule has 0 spiro atoms. The third kappa shape index (κ3) is 3.92. The van der Waals surface area contributed by atoms with Crippen LogP contribution >= 0.6 is 12.4 Å². The molecule has 0 radical (unpaired) electrons. The summed E-state index contributed by atoms with van der Waals surface area (Å²) in [5.74, 6) is -1.45. The highest BCUT2D eigenvalue weighted by molar-refractivity contribution is 5.85. The summed E-state index contributed by atoms with van der Waals surface area (Å²) >= 11 is 0. The maximum atomic E-state index is 13.7. The number of rotatable bonds is 3. The first-order chi connectivity index (χ1) is 9.74. The fourth-order valence-electron chi connectivity index (χ4n) is 3.15. The minimum Gasteiger partial charge on any atom is -0.315 e. The Labute approximate surface area is 130 Å². The van der Waals surface area contributed by atoms with E-state index in [9.17, 15) is 8.78 Å². The Kier molecular flexibility index (Phi) is 5.93. The van der Waals surface area contributed by atoms with Gasteiger partial charge in [0.1, 0.15) is 0 Å². The summed E-state index contributed by atoms with van der Waals surface area (Å²) in [4.78, 5) is 4.72. The second kappa shape index (κ2) is 7.49. The van der Waals surface area contributed by atoms with Crippen molar-refractivity contribution in [3.05, 3.63) is 35.4 Å². The predicted octanol–water partition coefficient (Wildman–Crippen LogP) is 1.87. The van der Waals surface area contributed by atoms with Gasteiger partial charge in [-0.15, -0.1) is 12.4 Å². The van der Waals surface area contributed by atoms with Crippen molar-refractivity contribution in [2.45, 2.75) is 19.0 Å². The number of nitrogens with one attached hydrogen (secondary N) is 1. The predicted molar refractivity (Wildman–Crippen MR) is 81.7 cm³/mol. The molecule has 1 aromatic carbocycles. The van der Waals surface area contributed by atoms with Crippen molar-refractivity contribution in [2.75, 3.05) is 39.3 Å². The lowest BCUT2D eigenvalue weighted by Gasteiger charge is -2.37. The van der Waals surface area contributed by atoms with Gasteiger partial charge in [-0.3, -0.25) is 9.80 Å². The van der Waals surface area contributed by atoms with Crippen molar-refractivity contribution in [3.8, 4) is 0 Å². The van der Waals surface area contributed by atoms with Crippen LogP contribution in [0.1, 0.15) is 12.0 Å². The summed E-state index contributed by atoms with van der Waals surface area (Å²) in [5, 5.41) is 3.39. The lowest BCUT2D eigenvalue weighted by molar-refractivity contribution is 0.0973. The molecule has 2 aliphatic rings. The van der Waals surface area contributed by atoms with Crippen LogP contribution in [-0.4, -0.2) is 55.1 Å². The third-order valence-electron chi connectivity index (χ3n) is 4.38. The molecule has 0 aromatic heterocycles. The van der Waals surface area contributed by atoms with E-state index >= 15 is 0 Å². The van der Waals surface area contributed by atoms with E-state index in [0.717, 1.165) is 39.3 Å². The summed E-state index contributed by atoms with van der Waals surface area (Å²) < 4.78 is 26.8. The van der Waals surface area contributed by atoms with Gasteiger partial charge in [0.2, 0.25) is 0 Å². The van der Waals surface area contributed by atoms with Gasteiger partial charge in [-0.2, -0.15) is 0 Å². The highest BCUT2D eigenvalue weighted by Gasteiger charge is 2.26. The van der Waals surface area contributed by atoms with Crippen LogP contribution in [0.15, 0.2) is 18.2 Å². The third-order valence-corrected chi connectivity index (χ3v) is 4.38. The quantitative estimate of drug-likeness (QED) is 0.918. The monoisotopic (exact) mass is 317 g/mol. The second-order valence-corrected chi connectivity index (χ2v) is 5.67. The average molecular weight is 318 g/mol. The van der Waals surface area contributed by atoms with Gasteiger partial charge in [-0.05, 0) is 19.0 Å². The van der Waals surface area contributed by atoms with Crippen molar-refractivity contribution in [3.63, 3.8) is 0 Å². The highest BCUT2D eigenvalue weighted by atomic mass is 35.5. The molecule has 1 N–H and O–H groups in total. The molecule has 1 unspecified atom stereocenters. The summed E-state index contributed by atoms with van der Waals surface area (Å²) in [6, 6.07) is 5.08. The number of nitrogens with zero attached hydrogens (tertiary/aromatic N) is 2. The van der Waals surface area contributed by atoms with Gasteiger partial charge in [0.15, 0.2) is 11.6 Å². The summed E-state index contributed by atoms with van der Waals surface area (Å²) in [6.07, 6.45) is 1.22. The van der Waals surface area contributed by atoms with Crippen LogP contribution in [0.25, 0.3) is 0 Å². The van der Waals surface area contributed by atoms with Crippen LogP contribution in [0.3, 0.4) is 0 Å². The number of hydrogen-bond donors (Lipinski definition) is 1. The molecule has 0 aliphatic carbocycles. The maximum Gasteiger partial charge on any atom is 0.163 e. The molecule has 3 nitrogen and oxygen atoms in total. The maximum absolute atomic E-state index is 13.7. The van der Waals surface area contributed by atoms with Crippen LogP contribution in [0.2, 0.25) is 0 Å². The largest absolute Gasteiger partial charge is 0.315 e. The van der Waals surface area contributed by atoms with E-state index in [2.05, 4.69) is 15.1 Å². The van der Waals surface area contributed by atoms with E-state index in [1.807, 2.05) is 0 Å². The first kappa shape index (κ1) is 16.6. The van der Waals surface area contributed by atoms with Crippen molar-refractivity contribution in [2.24, 2.45) is 0 Å². The standard InChI is InChI=1S/C15H21F2N3.ClH/c16-14-3-1-2-12(15(14)17)11-19-6-8-20(9-7-19)13-4-5-18-10-13;/h1-3,13,18H,4-11H2;1H. The van der Waals surface area contributed by atoms with Gasteiger partial charge in [-0.1, -0.05) is 12.1 Å². The molecule has 0 bridgehead atoms. The van der Waals surface area contributed by atoms with Gasteiger partial charge in [-0.25, -0.2) is 8.78 Å². The first-order valence-electron chi connectivity index (χ1n) is 7.34. The number of piperazine rings is 1. The molecule has 1 atom stereocenters. The van der Waals surface area contributed by atoms with Crippen molar-refractivity contribution in [1.82, 2.24) is 15.1 Å². The molecule has 21 heavy (non-hydrogen) atoms. The molecule has 1 aromatic rings. The van der Waals surface area contributed by atoms with Crippen molar-refractivity contribution < 1.29 is 8.78 Å². The van der Waals surface area contributed by atoms with Gasteiger partial charge < -0.3 is 5.32 Å². The van der Waals surface area contributed by atoms with Crippen LogP contribution in [0.5, 0.6) is 0 Å². The van der Waals surface area contributed by atoms with Crippen LogP contribution in [0.4, 0.5) is 8.78 Å². The molecular formula is C15H22ClF2N3. The zero-order chi connectivity index (χ0) is 13.9. The molecular weight excluding hydrogens is 296 g/mol. The summed E-state index contributed by atoms with van der Waals surface area (Å²) in [6.45, 7) is 6.57. The Morgan fingerprint density at radius 3 is 2.57 bits per heavy atom. The van der Waals surface area contributed by atoms with E-state index in [-0.39, 0.29) is 12.4 Å². The molecule has 0 saturated carbocycles. The van der Waals surface area contributed by atoms with E-state index in [1.54, 1.807) is 12.1 Å². The van der Waals surface area contributed by atoms with Crippen molar-refractivity contribution in [1.29, 1.82) is 0 Å². The Morgan fingerprint density at radius 2 is 1.90 bits per heavy atom. The molecule has 3 rings (SSSR count). The molecule has 6 heteroatoms. The van der Waals surface area contributed by atoms with Gasteiger partial charge >= 0.3 is 0 Å². The molecule has 118 valence electrons. The number of benzene rings is 1. The molecule has 2 heterocycles. The van der Waals surface area contributed by atoms with Crippen molar-refractivity contribution >= 4 is 12.4 Å². The highest BCUT2D eigenvalue weighted by Crippen LogP contribution is 2.17. The smallest absolute Gasteiger partial charge is 0.163 e. The number of halogens is 3. The summed E-state index contributed by atoms with van der Waals surface area (Å²) in [5.41, 5.74) is 0.459.